The maximum absolute atomic E-state index is 11.8. The Morgan fingerprint density at radius 1 is 1.25 bits per heavy atom. The summed E-state index contributed by atoms with van der Waals surface area (Å²) in [6.45, 7) is 1.47. The highest BCUT2D eigenvalue weighted by atomic mass is 32.2. The maximum Gasteiger partial charge on any atom is 0.178 e. The number of hydrogen-bond acceptors (Lipinski definition) is 4. The normalized spacial score (nSPS) is 13.7. The van der Waals surface area contributed by atoms with Crippen LogP contribution >= 0.6 is 0 Å². The average Bonchev–Trinajstić information content (AvgIpc) is 2.26. The predicted octanol–water partition coefficient (Wildman–Crippen LogP) is 0.512. The Kier molecular flexibility index (Phi) is 4.46. The zero-order chi connectivity index (χ0) is 12.2. The highest BCUT2D eigenvalue weighted by Gasteiger charge is 2.16. The Morgan fingerprint density at radius 2 is 1.81 bits per heavy atom. The van der Waals surface area contributed by atoms with Crippen molar-refractivity contribution in [1.29, 1.82) is 0 Å². The van der Waals surface area contributed by atoms with Gasteiger partial charge in [-0.2, -0.15) is 0 Å². The van der Waals surface area contributed by atoms with E-state index in [0.29, 0.717) is 0 Å². The van der Waals surface area contributed by atoms with Crippen LogP contribution in [0.15, 0.2) is 29.2 Å². The number of rotatable bonds is 5. The molecule has 0 aliphatic rings. The molecule has 4 nitrogen and oxygen atoms in total. The molecule has 2 N–H and O–H groups in total. The van der Waals surface area contributed by atoms with Crippen LogP contribution in [0.25, 0.3) is 0 Å². The number of aliphatic hydroxyl groups is 2. The number of sulfone groups is 1. The summed E-state index contributed by atoms with van der Waals surface area (Å²) < 4.78 is 23.5. The molecule has 1 aromatic carbocycles. The topological polar surface area (TPSA) is 74.6 Å². The molecule has 0 amide bonds. The third-order valence-electron chi connectivity index (χ3n) is 2.31. The smallest absolute Gasteiger partial charge is 0.178 e. The van der Waals surface area contributed by atoms with Gasteiger partial charge in [-0.15, -0.1) is 0 Å². The lowest BCUT2D eigenvalue weighted by Gasteiger charge is -2.08. The molecule has 0 aliphatic heterocycles. The fourth-order valence-electron chi connectivity index (χ4n) is 1.25. The van der Waals surface area contributed by atoms with E-state index in [4.69, 9.17) is 10.2 Å². The van der Waals surface area contributed by atoms with Gasteiger partial charge in [0.15, 0.2) is 9.84 Å². The first-order chi connectivity index (χ1) is 7.45. The van der Waals surface area contributed by atoms with Crippen LogP contribution in [0.5, 0.6) is 0 Å². The van der Waals surface area contributed by atoms with Crippen molar-refractivity contribution < 1.29 is 18.6 Å². The van der Waals surface area contributed by atoms with Gasteiger partial charge in [0.25, 0.3) is 0 Å². The Balaban J connectivity index is 2.74. The third kappa shape index (κ3) is 3.59. The van der Waals surface area contributed by atoms with Crippen LogP contribution in [0.2, 0.25) is 0 Å². The van der Waals surface area contributed by atoms with Crippen molar-refractivity contribution in [3.8, 4) is 0 Å². The molecule has 0 fully saturated rings. The van der Waals surface area contributed by atoms with Crippen molar-refractivity contribution in [3.05, 3.63) is 29.8 Å². The monoisotopic (exact) mass is 244 g/mol. The predicted molar refractivity (Wildman–Crippen MR) is 60.9 cm³/mol. The largest absolute Gasteiger partial charge is 0.394 e. The molecule has 1 rings (SSSR count). The second-order valence-electron chi connectivity index (χ2n) is 3.76. The van der Waals surface area contributed by atoms with Gasteiger partial charge < -0.3 is 10.2 Å². The molecule has 1 aromatic rings. The summed E-state index contributed by atoms with van der Waals surface area (Å²) in [5.41, 5.74) is 0.995. The molecular weight excluding hydrogens is 228 g/mol. The molecule has 0 saturated carbocycles. The van der Waals surface area contributed by atoms with Crippen molar-refractivity contribution in [2.24, 2.45) is 0 Å². The van der Waals surface area contributed by atoms with Gasteiger partial charge in [0.2, 0.25) is 0 Å². The van der Waals surface area contributed by atoms with Gasteiger partial charge in [-0.05, 0) is 25.5 Å². The van der Waals surface area contributed by atoms with Gasteiger partial charge in [0.1, 0.15) is 0 Å². The van der Waals surface area contributed by atoms with Crippen molar-refractivity contribution in [2.45, 2.75) is 24.3 Å². The second-order valence-corrected chi connectivity index (χ2v) is 5.87. The molecule has 0 aromatic heterocycles. The van der Waals surface area contributed by atoms with Crippen LogP contribution in [-0.4, -0.2) is 37.1 Å². The lowest BCUT2D eigenvalue weighted by molar-refractivity contribution is 0.0928. The van der Waals surface area contributed by atoms with Crippen LogP contribution in [-0.2, 0) is 9.84 Å². The highest BCUT2D eigenvalue weighted by molar-refractivity contribution is 7.91. The van der Waals surface area contributed by atoms with Gasteiger partial charge in [-0.1, -0.05) is 17.7 Å². The molecule has 0 heterocycles. The quantitative estimate of drug-likeness (QED) is 0.791. The summed E-state index contributed by atoms with van der Waals surface area (Å²) in [5, 5.41) is 17.7. The summed E-state index contributed by atoms with van der Waals surface area (Å²) in [6.07, 6.45) is -0.924. The van der Waals surface area contributed by atoms with Crippen molar-refractivity contribution in [1.82, 2.24) is 0 Å². The summed E-state index contributed by atoms with van der Waals surface area (Å²) in [4.78, 5) is 0.253. The molecule has 5 heteroatoms. The molecule has 16 heavy (non-hydrogen) atoms. The standard InChI is InChI=1S/C11H16O4S/c1-9-2-4-11(5-3-9)16(14,15)7-6-10(13)8-12/h2-5,10,12-13H,6-8H2,1H3. The Bertz CT molecular complexity index is 422. The molecule has 0 saturated heterocycles. The van der Waals surface area contributed by atoms with Crippen molar-refractivity contribution >= 4 is 9.84 Å². The Labute approximate surface area is 95.5 Å². The van der Waals surface area contributed by atoms with Gasteiger partial charge in [-0.25, -0.2) is 8.42 Å². The molecular formula is C11H16O4S. The number of benzene rings is 1. The SMILES string of the molecule is Cc1ccc(S(=O)(=O)CCC(O)CO)cc1. The third-order valence-corrected chi connectivity index (χ3v) is 4.07. The molecule has 1 unspecified atom stereocenters. The zero-order valence-electron chi connectivity index (χ0n) is 9.13. The molecule has 1 atom stereocenters. The summed E-state index contributed by atoms with van der Waals surface area (Å²) >= 11 is 0. The van der Waals surface area contributed by atoms with Crippen LogP contribution in [0.3, 0.4) is 0 Å². The zero-order valence-corrected chi connectivity index (χ0v) is 9.94. The first-order valence-corrected chi connectivity index (χ1v) is 6.69. The Morgan fingerprint density at radius 3 is 2.31 bits per heavy atom. The first kappa shape index (κ1) is 13.2. The van der Waals surface area contributed by atoms with E-state index in [0.717, 1.165) is 5.56 Å². The minimum Gasteiger partial charge on any atom is -0.394 e. The van der Waals surface area contributed by atoms with E-state index < -0.39 is 22.5 Å². The molecule has 90 valence electrons. The second kappa shape index (κ2) is 5.43. The fourth-order valence-corrected chi connectivity index (χ4v) is 2.61. The summed E-state index contributed by atoms with van der Waals surface area (Å²) in [7, 11) is -3.35. The minimum atomic E-state index is -3.35. The van der Waals surface area contributed by atoms with Gasteiger partial charge in [0, 0.05) is 0 Å². The lowest BCUT2D eigenvalue weighted by Crippen LogP contribution is -2.18. The number of hydrogen-bond donors (Lipinski definition) is 2. The number of aryl methyl sites for hydroxylation is 1. The lowest BCUT2D eigenvalue weighted by atomic mass is 10.2. The van der Waals surface area contributed by atoms with Crippen LogP contribution < -0.4 is 0 Å². The minimum absolute atomic E-state index is 0.0483. The van der Waals surface area contributed by atoms with E-state index in [1.54, 1.807) is 24.3 Å². The van der Waals surface area contributed by atoms with Crippen LogP contribution in [0.4, 0.5) is 0 Å². The fraction of sp³-hybridized carbons (Fsp3) is 0.455. The van der Waals surface area contributed by atoms with E-state index in [2.05, 4.69) is 0 Å². The van der Waals surface area contributed by atoms with E-state index >= 15 is 0 Å². The van der Waals surface area contributed by atoms with Crippen molar-refractivity contribution in [3.63, 3.8) is 0 Å². The summed E-state index contributed by atoms with van der Waals surface area (Å²) in [6, 6.07) is 6.57. The number of aliphatic hydroxyl groups excluding tert-OH is 2. The van der Waals surface area contributed by atoms with E-state index in [1.165, 1.54) is 0 Å². The average molecular weight is 244 g/mol. The van der Waals surface area contributed by atoms with E-state index in [-0.39, 0.29) is 17.1 Å². The van der Waals surface area contributed by atoms with Gasteiger partial charge >= 0.3 is 0 Å². The van der Waals surface area contributed by atoms with E-state index in [1.807, 2.05) is 6.92 Å². The maximum atomic E-state index is 11.8. The molecule has 0 bridgehead atoms. The summed E-state index contributed by atoms with van der Waals surface area (Å²) in [5.74, 6) is -0.155. The first-order valence-electron chi connectivity index (χ1n) is 5.04. The molecule has 0 spiro atoms. The molecule has 0 aliphatic carbocycles. The van der Waals surface area contributed by atoms with Gasteiger partial charge in [0.05, 0.1) is 23.4 Å². The Hall–Kier alpha value is -0.910. The highest BCUT2D eigenvalue weighted by Crippen LogP contribution is 2.13. The molecule has 0 radical (unpaired) electrons. The van der Waals surface area contributed by atoms with Gasteiger partial charge in [-0.3, -0.25) is 0 Å². The van der Waals surface area contributed by atoms with Crippen LogP contribution in [0, 0.1) is 6.92 Å². The van der Waals surface area contributed by atoms with E-state index in [9.17, 15) is 8.42 Å². The van der Waals surface area contributed by atoms with Crippen molar-refractivity contribution in [2.75, 3.05) is 12.4 Å². The van der Waals surface area contributed by atoms with Crippen LogP contribution in [0.1, 0.15) is 12.0 Å².